The average molecular weight is 475 g/mol. The maximum atomic E-state index is 15.3. The topological polar surface area (TPSA) is 80.5 Å². The summed E-state index contributed by atoms with van der Waals surface area (Å²) in [5, 5.41) is 17.3. The molecule has 2 saturated heterocycles. The molecule has 9 heteroatoms. The lowest BCUT2D eigenvalue weighted by Gasteiger charge is -2.31. The van der Waals surface area contributed by atoms with Crippen LogP contribution in [0.15, 0.2) is 30.5 Å². The van der Waals surface area contributed by atoms with E-state index in [1.54, 1.807) is 17.8 Å². The quantitative estimate of drug-likeness (QED) is 0.324. The summed E-state index contributed by atoms with van der Waals surface area (Å²) in [6.07, 6.45) is 5.20. The van der Waals surface area contributed by atoms with Gasteiger partial charge in [0.05, 0.1) is 17.9 Å². The van der Waals surface area contributed by atoms with Gasteiger partial charge in [-0.15, -0.1) is 5.10 Å². The predicted octanol–water partition coefficient (Wildman–Crippen LogP) is 3.52. The van der Waals surface area contributed by atoms with Crippen molar-refractivity contribution in [3.8, 4) is 0 Å². The molecule has 3 heterocycles. The van der Waals surface area contributed by atoms with E-state index in [4.69, 9.17) is 9.84 Å². The van der Waals surface area contributed by atoms with Crippen molar-refractivity contribution >= 4 is 20.0 Å². The number of halogens is 1. The van der Waals surface area contributed by atoms with Crippen molar-refractivity contribution in [2.75, 3.05) is 18.1 Å². The second-order valence-electron chi connectivity index (χ2n) is 9.90. The van der Waals surface area contributed by atoms with Crippen LogP contribution >= 0.6 is 0 Å². The SMILES string of the molecule is C[C@H]1[C@H]([Si](C)(C)F)[C@@H](CCn2cc(CCO)nn2)O[C@H]1CCc1cccc(N2CCC2=O)c1. The number of amides is 1. The molecule has 2 aliphatic heterocycles. The molecule has 0 radical (unpaired) electrons. The highest BCUT2D eigenvalue weighted by atomic mass is 28.4. The van der Waals surface area contributed by atoms with Gasteiger partial charge in [0.15, 0.2) is 0 Å². The number of anilines is 1. The van der Waals surface area contributed by atoms with E-state index in [-0.39, 0.29) is 36.2 Å². The number of hydrogen-bond acceptors (Lipinski definition) is 5. The monoisotopic (exact) mass is 474 g/mol. The summed E-state index contributed by atoms with van der Waals surface area (Å²) in [7, 11) is -2.92. The van der Waals surface area contributed by atoms with Crippen molar-refractivity contribution in [3.63, 3.8) is 0 Å². The highest BCUT2D eigenvalue weighted by Gasteiger charge is 2.50. The number of carbonyl (C=O) groups excluding carboxylic acids is 1. The number of ether oxygens (including phenoxy) is 1. The van der Waals surface area contributed by atoms with Crippen LogP contribution in [0, 0.1) is 5.92 Å². The number of aromatic nitrogens is 3. The second-order valence-corrected chi connectivity index (χ2v) is 13.7. The zero-order valence-electron chi connectivity index (χ0n) is 19.8. The number of rotatable bonds is 10. The Kier molecular flexibility index (Phi) is 7.30. The van der Waals surface area contributed by atoms with Gasteiger partial charge in [-0.25, -0.2) is 0 Å². The van der Waals surface area contributed by atoms with E-state index in [9.17, 15) is 4.79 Å². The first-order valence-corrected chi connectivity index (χ1v) is 15.0. The summed E-state index contributed by atoms with van der Waals surface area (Å²) in [5.74, 6) is 0.332. The Labute approximate surface area is 196 Å². The van der Waals surface area contributed by atoms with Crippen LogP contribution in [0.25, 0.3) is 0 Å². The van der Waals surface area contributed by atoms with Gasteiger partial charge in [0.1, 0.15) is 0 Å². The first-order valence-electron chi connectivity index (χ1n) is 12.0. The fourth-order valence-corrected chi connectivity index (χ4v) is 7.96. The van der Waals surface area contributed by atoms with Crippen molar-refractivity contribution < 1.29 is 18.7 Å². The van der Waals surface area contributed by atoms with Crippen molar-refractivity contribution in [1.82, 2.24) is 15.0 Å². The lowest BCUT2D eigenvalue weighted by Crippen LogP contribution is -2.43. The van der Waals surface area contributed by atoms with Crippen LogP contribution in [0.4, 0.5) is 9.80 Å². The molecule has 4 atom stereocenters. The average Bonchev–Trinajstić information content (AvgIpc) is 3.33. The number of carbonyl (C=O) groups is 1. The number of hydrogen-bond donors (Lipinski definition) is 1. The third kappa shape index (κ3) is 5.52. The van der Waals surface area contributed by atoms with E-state index in [0.717, 1.165) is 30.8 Å². The molecule has 0 unspecified atom stereocenters. The third-order valence-corrected chi connectivity index (χ3v) is 9.57. The summed E-state index contributed by atoms with van der Waals surface area (Å²) in [4.78, 5) is 13.6. The van der Waals surface area contributed by atoms with E-state index in [1.807, 2.05) is 23.2 Å². The summed E-state index contributed by atoms with van der Waals surface area (Å²) >= 11 is 0. The Morgan fingerprint density at radius 1 is 1.24 bits per heavy atom. The largest absolute Gasteiger partial charge is 0.396 e. The van der Waals surface area contributed by atoms with Crippen LogP contribution in [0.1, 0.15) is 37.4 Å². The van der Waals surface area contributed by atoms with Crippen LogP contribution in [0.3, 0.4) is 0 Å². The Morgan fingerprint density at radius 3 is 2.73 bits per heavy atom. The number of benzene rings is 1. The van der Waals surface area contributed by atoms with Gasteiger partial charge in [-0.1, -0.05) is 24.3 Å². The summed E-state index contributed by atoms with van der Waals surface area (Å²) in [5.41, 5.74) is 2.84. The van der Waals surface area contributed by atoms with Crippen molar-refractivity contribution in [2.45, 2.75) is 76.4 Å². The Bertz CT molecular complexity index is 963. The van der Waals surface area contributed by atoms with Gasteiger partial charge in [0, 0.05) is 50.0 Å². The molecule has 4 rings (SSSR count). The minimum atomic E-state index is -2.92. The molecule has 1 N–H and O–H groups in total. The van der Waals surface area contributed by atoms with Crippen LogP contribution in [-0.4, -0.2) is 59.8 Å². The third-order valence-electron chi connectivity index (χ3n) is 7.08. The zero-order chi connectivity index (χ0) is 23.6. The van der Waals surface area contributed by atoms with Gasteiger partial charge in [-0.3, -0.25) is 9.48 Å². The minimum Gasteiger partial charge on any atom is -0.396 e. The van der Waals surface area contributed by atoms with Gasteiger partial charge in [0.25, 0.3) is 0 Å². The smallest absolute Gasteiger partial charge is 0.246 e. The molecule has 180 valence electrons. The molecule has 2 fully saturated rings. The number of aryl methyl sites for hydroxylation is 2. The van der Waals surface area contributed by atoms with Crippen molar-refractivity contribution in [3.05, 3.63) is 41.7 Å². The van der Waals surface area contributed by atoms with E-state index < -0.39 is 8.41 Å². The first-order chi connectivity index (χ1) is 15.8. The lowest BCUT2D eigenvalue weighted by atomic mass is 9.95. The fraction of sp³-hybridized carbons (Fsp3) is 0.625. The molecule has 1 aromatic heterocycles. The predicted molar refractivity (Wildman–Crippen MR) is 127 cm³/mol. The number of β-lactam (4-membered cyclic amide) rings is 1. The molecule has 2 aromatic rings. The molecule has 0 spiro atoms. The van der Waals surface area contributed by atoms with Gasteiger partial charge in [-0.05, 0) is 56.0 Å². The van der Waals surface area contributed by atoms with Crippen LogP contribution < -0.4 is 4.90 Å². The Hall–Kier alpha value is -2.10. The second kappa shape index (κ2) is 10.0. The lowest BCUT2D eigenvalue weighted by molar-refractivity contribution is -0.122. The van der Waals surface area contributed by atoms with Crippen LogP contribution in [0.5, 0.6) is 0 Å². The molecule has 0 aliphatic carbocycles. The van der Waals surface area contributed by atoms with Crippen LogP contribution in [-0.2, 0) is 28.9 Å². The van der Waals surface area contributed by atoms with Gasteiger partial charge in [0.2, 0.25) is 14.3 Å². The summed E-state index contributed by atoms with van der Waals surface area (Å²) < 4.78 is 23.6. The molecule has 1 aromatic carbocycles. The summed E-state index contributed by atoms with van der Waals surface area (Å²) in [6.45, 7) is 7.16. The normalized spacial score (nSPS) is 25.5. The Balaban J connectivity index is 1.38. The molecule has 33 heavy (non-hydrogen) atoms. The maximum Gasteiger partial charge on any atom is 0.246 e. The highest BCUT2D eigenvalue weighted by molar-refractivity contribution is 6.72. The van der Waals surface area contributed by atoms with Crippen LogP contribution in [0.2, 0.25) is 18.6 Å². The van der Waals surface area contributed by atoms with Crippen molar-refractivity contribution in [2.24, 2.45) is 5.92 Å². The Morgan fingerprint density at radius 2 is 2.06 bits per heavy atom. The number of nitrogens with zero attached hydrogens (tertiary/aromatic N) is 4. The van der Waals surface area contributed by atoms with E-state index in [0.29, 0.717) is 25.8 Å². The highest BCUT2D eigenvalue weighted by Crippen LogP contribution is 2.47. The minimum absolute atomic E-state index is 0.0116. The molecule has 2 aliphatic rings. The summed E-state index contributed by atoms with van der Waals surface area (Å²) in [6, 6.07) is 8.16. The van der Waals surface area contributed by atoms with Gasteiger partial charge in [-0.2, -0.15) is 0 Å². The molecule has 0 bridgehead atoms. The standard InChI is InChI=1S/C24H35FN4O3Si/c1-17-21(8-7-18-5-4-6-20(15-18)29-13-10-23(29)31)32-22(24(17)33(2,3)25)9-12-28-16-19(11-14-30)26-27-28/h4-6,15-17,21-22,24,30H,7-14H2,1-3H3/t17-,21+,22-,24+/m1/s1. The molecule has 1 amide bonds. The first kappa shape index (κ1) is 24.0. The van der Waals surface area contributed by atoms with E-state index >= 15 is 4.11 Å². The molecular weight excluding hydrogens is 439 g/mol. The van der Waals surface area contributed by atoms with E-state index in [2.05, 4.69) is 29.4 Å². The van der Waals surface area contributed by atoms with Gasteiger partial charge >= 0.3 is 0 Å². The maximum absolute atomic E-state index is 15.3. The van der Waals surface area contributed by atoms with E-state index in [1.165, 1.54) is 5.56 Å². The molecule has 0 saturated carbocycles. The number of aliphatic hydroxyl groups excluding tert-OH is 1. The zero-order valence-corrected chi connectivity index (χ0v) is 20.8. The molecule has 7 nitrogen and oxygen atoms in total. The van der Waals surface area contributed by atoms with Gasteiger partial charge < -0.3 is 18.9 Å². The number of aliphatic hydroxyl groups is 1. The fourth-order valence-electron chi connectivity index (χ4n) is 5.36. The van der Waals surface area contributed by atoms with Crippen molar-refractivity contribution in [1.29, 1.82) is 0 Å². The molecular formula is C24H35FN4O3Si.